The Bertz CT molecular complexity index is 886. The first-order valence-corrected chi connectivity index (χ1v) is 9.51. The van der Waals surface area contributed by atoms with Gasteiger partial charge in [-0.25, -0.2) is 0 Å². The largest absolute Gasteiger partial charge is 0.416 e. The highest BCUT2D eigenvalue weighted by Crippen LogP contribution is 2.37. The molecule has 0 saturated heterocycles. The van der Waals surface area contributed by atoms with E-state index in [0.717, 1.165) is 18.2 Å². The Morgan fingerprint density at radius 3 is 2.11 bits per heavy atom. The number of benzene rings is 2. The molecule has 0 bridgehead atoms. The van der Waals surface area contributed by atoms with E-state index in [1.54, 1.807) is 0 Å². The average Bonchev–Trinajstić information content (AvgIpc) is 2.53. The van der Waals surface area contributed by atoms with Gasteiger partial charge >= 0.3 is 6.18 Å². The molecule has 2 aromatic rings. The Morgan fingerprint density at radius 1 is 0.929 bits per heavy atom. The standard InChI is InChI=1S/C16H9Cl6F3N2O/c17-8-2-3-9(11(19)6-8)13(28)27-14(15(20,21)22)26-12-5-7(16(23,24)25)1-4-10(12)18/h1-6,14,26H,(H,27,28)/t14-/m1/s1. The van der Waals surface area contributed by atoms with Crippen LogP contribution in [0.2, 0.25) is 15.1 Å². The molecule has 0 saturated carbocycles. The van der Waals surface area contributed by atoms with Crippen LogP contribution < -0.4 is 10.6 Å². The molecule has 0 heterocycles. The molecule has 3 nitrogen and oxygen atoms in total. The second kappa shape index (κ2) is 8.94. The third kappa shape index (κ3) is 6.12. The summed E-state index contributed by atoms with van der Waals surface area (Å²) in [6, 6.07) is 6.65. The van der Waals surface area contributed by atoms with E-state index in [4.69, 9.17) is 69.6 Å². The van der Waals surface area contributed by atoms with E-state index >= 15 is 0 Å². The maximum atomic E-state index is 12.9. The zero-order valence-electron chi connectivity index (χ0n) is 13.4. The van der Waals surface area contributed by atoms with Gasteiger partial charge in [-0.1, -0.05) is 69.6 Å². The number of carbonyl (C=O) groups is 1. The second-order valence-corrected chi connectivity index (χ2v) is 9.03. The molecule has 0 fully saturated rings. The topological polar surface area (TPSA) is 41.1 Å². The molecule has 0 unspecified atom stereocenters. The lowest BCUT2D eigenvalue weighted by molar-refractivity contribution is -0.137. The van der Waals surface area contributed by atoms with Gasteiger partial charge in [-0.2, -0.15) is 13.2 Å². The monoisotopic (exact) mass is 512 g/mol. The predicted molar refractivity (Wildman–Crippen MR) is 108 cm³/mol. The van der Waals surface area contributed by atoms with E-state index in [2.05, 4.69) is 10.6 Å². The minimum atomic E-state index is -4.61. The fourth-order valence-electron chi connectivity index (χ4n) is 2.05. The van der Waals surface area contributed by atoms with Gasteiger partial charge in [0.2, 0.25) is 3.79 Å². The molecular weight excluding hydrogens is 506 g/mol. The summed E-state index contributed by atoms with van der Waals surface area (Å²) >= 11 is 35.3. The van der Waals surface area contributed by atoms with Crippen molar-refractivity contribution < 1.29 is 18.0 Å². The van der Waals surface area contributed by atoms with E-state index < -0.39 is 27.6 Å². The van der Waals surface area contributed by atoms with E-state index in [0.29, 0.717) is 5.02 Å². The third-order valence-electron chi connectivity index (χ3n) is 3.37. The van der Waals surface area contributed by atoms with Crippen LogP contribution in [0, 0.1) is 0 Å². The van der Waals surface area contributed by atoms with Gasteiger partial charge in [0.25, 0.3) is 5.91 Å². The van der Waals surface area contributed by atoms with Gasteiger partial charge in [0, 0.05) is 5.02 Å². The average molecular weight is 515 g/mol. The SMILES string of the molecule is O=C(N[C@@H](Nc1cc(C(F)(F)F)ccc1Cl)C(Cl)(Cl)Cl)c1ccc(Cl)cc1Cl. The van der Waals surface area contributed by atoms with Crippen LogP contribution in [0.15, 0.2) is 36.4 Å². The van der Waals surface area contributed by atoms with Gasteiger partial charge in [0.1, 0.15) is 6.17 Å². The first kappa shape index (κ1) is 23.5. The zero-order valence-corrected chi connectivity index (χ0v) is 17.9. The minimum Gasteiger partial charge on any atom is -0.361 e. The smallest absolute Gasteiger partial charge is 0.361 e. The summed E-state index contributed by atoms with van der Waals surface area (Å²) in [5.41, 5.74) is -1.16. The maximum Gasteiger partial charge on any atom is 0.416 e. The van der Waals surface area contributed by atoms with Crippen LogP contribution in [0.4, 0.5) is 18.9 Å². The van der Waals surface area contributed by atoms with Crippen LogP contribution in [-0.2, 0) is 6.18 Å². The summed E-state index contributed by atoms with van der Waals surface area (Å²) in [7, 11) is 0. The molecule has 1 amide bonds. The van der Waals surface area contributed by atoms with Gasteiger partial charge in [-0.3, -0.25) is 4.79 Å². The highest BCUT2D eigenvalue weighted by molar-refractivity contribution is 6.68. The number of carbonyl (C=O) groups excluding carboxylic acids is 1. The Hall–Kier alpha value is -0.760. The molecule has 28 heavy (non-hydrogen) atoms. The van der Waals surface area contributed by atoms with Crippen molar-refractivity contribution in [2.45, 2.75) is 16.1 Å². The van der Waals surface area contributed by atoms with Gasteiger partial charge in [0.05, 0.1) is 26.9 Å². The molecule has 2 N–H and O–H groups in total. The van der Waals surface area contributed by atoms with Crippen molar-refractivity contribution in [2.75, 3.05) is 5.32 Å². The lowest BCUT2D eigenvalue weighted by Crippen LogP contribution is -2.49. The number of alkyl halides is 6. The Morgan fingerprint density at radius 2 is 1.57 bits per heavy atom. The van der Waals surface area contributed by atoms with Crippen molar-refractivity contribution in [3.63, 3.8) is 0 Å². The van der Waals surface area contributed by atoms with Gasteiger partial charge in [-0.15, -0.1) is 0 Å². The molecule has 0 spiro atoms. The number of anilines is 1. The zero-order chi connectivity index (χ0) is 21.3. The minimum absolute atomic E-state index is 0.0160. The first-order valence-electron chi connectivity index (χ1n) is 7.25. The highest BCUT2D eigenvalue weighted by Gasteiger charge is 2.36. The Balaban J connectivity index is 2.32. The quantitative estimate of drug-likeness (QED) is 0.334. The molecule has 0 aromatic heterocycles. The van der Waals surface area contributed by atoms with Crippen molar-refractivity contribution in [3.05, 3.63) is 62.6 Å². The molecule has 1 atom stereocenters. The van der Waals surface area contributed by atoms with Crippen LogP contribution >= 0.6 is 69.6 Å². The number of hydrogen-bond acceptors (Lipinski definition) is 2. The Kier molecular flexibility index (Phi) is 7.51. The lowest BCUT2D eigenvalue weighted by atomic mass is 10.2. The normalized spacial score (nSPS) is 13.2. The molecule has 0 aliphatic carbocycles. The second-order valence-electron chi connectivity index (χ2n) is 5.41. The summed E-state index contributed by atoms with van der Waals surface area (Å²) < 4.78 is 36.7. The van der Waals surface area contributed by atoms with Gasteiger partial charge in [-0.05, 0) is 36.4 Å². The fraction of sp³-hybridized carbons (Fsp3) is 0.188. The van der Waals surface area contributed by atoms with Crippen molar-refractivity contribution in [3.8, 4) is 0 Å². The Labute approximate surface area is 188 Å². The van der Waals surface area contributed by atoms with E-state index in [9.17, 15) is 18.0 Å². The number of halogens is 9. The fourth-order valence-corrected chi connectivity index (χ4v) is 3.04. The molecule has 0 radical (unpaired) electrons. The summed E-state index contributed by atoms with van der Waals surface area (Å²) in [5, 5.41) is 5.11. The lowest BCUT2D eigenvalue weighted by Gasteiger charge is -2.28. The summed E-state index contributed by atoms with van der Waals surface area (Å²) in [4.78, 5) is 12.5. The van der Waals surface area contributed by atoms with E-state index in [1.165, 1.54) is 18.2 Å². The molecular formula is C16H9Cl6F3N2O. The van der Waals surface area contributed by atoms with Crippen LogP contribution in [0.25, 0.3) is 0 Å². The van der Waals surface area contributed by atoms with Crippen LogP contribution in [-0.4, -0.2) is 15.9 Å². The first-order chi connectivity index (χ1) is 12.8. The van der Waals surface area contributed by atoms with Crippen LogP contribution in [0.3, 0.4) is 0 Å². The van der Waals surface area contributed by atoms with E-state index in [1.807, 2.05) is 0 Å². The molecule has 0 aliphatic rings. The number of rotatable bonds is 4. The number of hydrogen-bond donors (Lipinski definition) is 2. The van der Waals surface area contributed by atoms with Gasteiger partial charge < -0.3 is 10.6 Å². The molecule has 0 aliphatic heterocycles. The molecule has 12 heteroatoms. The summed E-state index contributed by atoms with van der Waals surface area (Å²) in [6.45, 7) is 0. The number of nitrogens with one attached hydrogen (secondary N) is 2. The number of amides is 1. The third-order valence-corrected chi connectivity index (χ3v) is 4.90. The molecule has 2 aromatic carbocycles. The molecule has 2 rings (SSSR count). The summed E-state index contributed by atoms with van der Waals surface area (Å²) in [5.74, 6) is -0.756. The van der Waals surface area contributed by atoms with Crippen molar-refractivity contribution in [1.29, 1.82) is 0 Å². The van der Waals surface area contributed by atoms with Crippen LogP contribution in [0.5, 0.6) is 0 Å². The molecule has 152 valence electrons. The highest BCUT2D eigenvalue weighted by atomic mass is 35.6. The maximum absolute atomic E-state index is 12.9. The summed E-state index contributed by atoms with van der Waals surface area (Å²) in [6.07, 6.45) is -6.06. The van der Waals surface area contributed by atoms with Crippen molar-refractivity contribution >= 4 is 81.2 Å². The van der Waals surface area contributed by atoms with E-state index in [-0.39, 0.29) is 21.3 Å². The van der Waals surface area contributed by atoms with Crippen LogP contribution in [0.1, 0.15) is 15.9 Å². The van der Waals surface area contributed by atoms with Crippen molar-refractivity contribution in [1.82, 2.24) is 5.32 Å². The van der Waals surface area contributed by atoms with Crippen molar-refractivity contribution in [2.24, 2.45) is 0 Å². The predicted octanol–water partition coefficient (Wildman–Crippen LogP) is 7.20. The van der Waals surface area contributed by atoms with Gasteiger partial charge in [0.15, 0.2) is 0 Å².